The Morgan fingerprint density at radius 2 is 0.907 bits per heavy atom. The summed E-state index contributed by atoms with van der Waals surface area (Å²) in [5, 5.41) is 4.61. The summed E-state index contributed by atoms with van der Waals surface area (Å²) in [4.78, 5) is 2.42. The van der Waals surface area contributed by atoms with E-state index in [9.17, 15) is 0 Å². The van der Waals surface area contributed by atoms with Gasteiger partial charge in [-0.15, -0.1) is 0 Å². The molecule has 0 amide bonds. The third-order valence-corrected chi connectivity index (χ3v) is 10.5. The normalized spacial score (nSPS) is 11.3. The lowest BCUT2D eigenvalue weighted by Gasteiger charge is -2.29. The van der Waals surface area contributed by atoms with Gasteiger partial charge < -0.3 is 9.32 Å². The largest absolute Gasteiger partial charge is 0.456 e. The van der Waals surface area contributed by atoms with Crippen molar-refractivity contribution in [2.24, 2.45) is 0 Å². The highest BCUT2D eigenvalue weighted by atomic mass is 16.3. The smallest absolute Gasteiger partial charge is 0.136 e. The van der Waals surface area contributed by atoms with Crippen LogP contribution in [0.25, 0.3) is 77.2 Å². The molecule has 54 heavy (non-hydrogen) atoms. The second-order valence-electron chi connectivity index (χ2n) is 13.7. The summed E-state index contributed by atoms with van der Waals surface area (Å²) < 4.78 is 6.54. The average molecular weight is 690 g/mol. The number of anilines is 3. The Morgan fingerprint density at radius 1 is 0.333 bits per heavy atom. The molecule has 0 atom stereocenters. The minimum Gasteiger partial charge on any atom is -0.456 e. The summed E-state index contributed by atoms with van der Waals surface area (Å²) in [6, 6.07) is 76.0. The van der Waals surface area contributed by atoms with Crippen molar-refractivity contribution < 1.29 is 4.42 Å². The first kappa shape index (κ1) is 31.6. The Labute approximate surface area is 314 Å². The molecule has 0 N–H and O–H groups in total. The van der Waals surface area contributed by atoms with Gasteiger partial charge >= 0.3 is 0 Å². The molecule has 0 aliphatic heterocycles. The summed E-state index contributed by atoms with van der Waals surface area (Å²) >= 11 is 0. The average Bonchev–Trinajstić information content (AvgIpc) is 3.63. The van der Waals surface area contributed by atoms with E-state index in [1.807, 2.05) is 6.07 Å². The van der Waals surface area contributed by atoms with E-state index < -0.39 is 0 Å². The number of furan rings is 1. The molecule has 10 aromatic rings. The maximum absolute atomic E-state index is 6.54. The molecule has 2 nitrogen and oxygen atoms in total. The highest BCUT2D eigenvalue weighted by Crippen LogP contribution is 2.49. The third-order valence-electron chi connectivity index (χ3n) is 10.5. The van der Waals surface area contributed by atoms with Crippen molar-refractivity contribution in [2.45, 2.75) is 0 Å². The fourth-order valence-corrected chi connectivity index (χ4v) is 7.89. The molecule has 0 saturated carbocycles. The van der Waals surface area contributed by atoms with Crippen LogP contribution in [0.4, 0.5) is 17.1 Å². The van der Waals surface area contributed by atoms with E-state index >= 15 is 0 Å². The lowest BCUT2D eigenvalue weighted by molar-refractivity contribution is 0.669. The summed E-state index contributed by atoms with van der Waals surface area (Å²) in [5.74, 6) is 0. The minimum absolute atomic E-state index is 0.867. The van der Waals surface area contributed by atoms with Gasteiger partial charge in [-0.25, -0.2) is 0 Å². The maximum atomic E-state index is 6.54. The van der Waals surface area contributed by atoms with E-state index in [2.05, 4.69) is 211 Å². The quantitative estimate of drug-likeness (QED) is 0.166. The molecule has 10 rings (SSSR count). The molecule has 0 aliphatic carbocycles. The van der Waals surface area contributed by atoms with Gasteiger partial charge in [-0.3, -0.25) is 0 Å². The van der Waals surface area contributed by atoms with Crippen LogP contribution in [-0.2, 0) is 0 Å². The van der Waals surface area contributed by atoms with Crippen LogP contribution in [0.2, 0.25) is 0 Å². The second kappa shape index (κ2) is 13.4. The number of hydrogen-bond acceptors (Lipinski definition) is 2. The highest BCUT2D eigenvalue weighted by Gasteiger charge is 2.24. The van der Waals surface area contributed by atoms with Gasteiger partial charge in [-0.05, 0) is 98.2 Å². The number of benzene rings is 9. The SMILES string of the molecule is c1ccc(-c2ccc(N(c3ccc(-c4ccccc4)c(-c4ccccc4)c3)c3ccc4oc5ccccc5c4c3-c3ccc4ccccc4c3)cc2)cc1. The zero-order valence-corrected chi connectivity index (χ0v) is 29.6. The zero-order valence-electron chi connectivity index (χ0n) is 29.6. The van der Waals surface area contributed by atoms with Gasteiger partial charge in [0.1, 0.15) is 11.2 Å². The molecule has 0 unspecified atom stereocenters. The molecule has 9 aromatic carbocycles. The monoisotopic (exact) mass is 689 g/mol. The van der Waals surface area contributed by atoms with Gasteiger partial charge in [0.2, 0.25) is 0 Å². The van der Waals surface area contributed by atoms with Crippen LogP contribution in [0, 0.1) is 0 Å². The Balaban J connectivity index is 1.27. The molecule has 0 radical (unpaired) electrons. The van der Waals surface area contributed by atoms with Crippen LogP contribution in [0.1, 0.15) is 0 Å². The molecule has 0 saturated heterocycles. The Hall–Kier alpha value is -7.16. The molecule has 2 heteroatoms. The van der Waals surface area contributed by atoms with E-state index in [0.29, 0.717) is 0 Å². The van der Waals surface area contributed by atoms with Crippen LogP contribution in [-0.4, -0.2) is 0 Å². The Kier molecular flexibility index (Phi) is 7.85. The van der Waals surface area contributed by atoms with E-state index in [1.54, 1.807) is 0 Å². The van der Waals surface area contributed by atoms with Crippen molar-refractivity contribution in [3.05, 3.63) is 212 Å². The molecular formula is C52H35NO. The number of nitrogens with zero attached hydrogens (tertiary/aromatic N) is 1. The van der Waals surface area contributed by atoms with Gasteiger partial charge in [0, 0.05) is 27.7 Å². The highest BCUT2D eigenvalue weighted by molar-refractivity contribution is 6.17. The topological polar surface area (TPSA) is 16.4 Å². The Bertz CT molecular complexity index is 2910. The molecule has 254 valence electrons. The summed E-state index contributed by atoms with van der Waals surface area (Å²) in [6.07, 6.45) is 0. The lowest BCUT2D eigenvalue weighted by atomic mass is 9.92. The minimum atomic E-state index is 0.867. The number of rotatable bonds is 7. The third kappa shape index (κ3) is 5.62. The number of hydrogen-bond donors (Lipinski definition) is 0. The molecule has 0 spiro atoms. The van der Waals surface area contributed by atoms with Crippen LogP contribution in [0.3, 0.4) is 0 Å². The molecule has 1 heterocycles. The van der Waals surface area contributed by atoms with Crippen LogP contribution in [0.5, 0.6) is 0 Å². The van der Waals surface area contributed by atoms with E-state index in [0.717, 1.165) is 50.1 Å². The molecule has 0 aliphatic rings. The first-order valence-corrected chi connectivity index (χ1v) is 18.4. The van der Waals surface area contributed by atoms with E-state index in [1.165, 1.54) is 44.2 Å². The van der Waals surface area contributed by atoms with Gasteiger partial charge in [-0.1, -0.05) is 164 Å². The summed E-state index contributed by atoms with van der Waals surface area (Å²) in [7, 11) is 0. The van der Waals surface area contributed by atoms with Gasteiger partial charge in [-0.2, -0.15) is 0 Å². The van der Waals surface area contributed by atoms with Crippen LogP contribution in [0.15, 0.2) is 217 Å². The first-order valence-electron chi connectivity index (χ1n) is 18.4. The first-order chi connectivity index (χ1) is 26.8. The molecule has 1 aromatic heterocycles. The number of para-hydroxylation sites is 1. The van der Waals surface area contributed by atoms with Gasteiger partial charge in [0.25, 0.3) is 0 Å². The van der Waals surface area contributed by atoms with Crippen molar-refractivity contribution in [1.82, 2.24) is 0 Å². The van der Waals surface area contributed by atoms with Gasteiger partial charge in [0.05, 0.1) is 5.69 Å². The molecular weight excluding hydrogens is 655 g/mol. The van der Waals surface area contributed by atoms with E-state index in [4.69, 9.17) is 4.42 Å². The second-order valence-corrected chi connectivity index (χ2v) is 13.7. The molecule has 0 fully saturated rings. The van der Waals surface area contributed by atoms with Crippen molar-refractivity contribution in [3.8, 4) is 44.5 Å². The zero-order chi connectivity index (χ0) is 35.8. The lowest BCUT2D eigenvalue weighted by Crippen LogP contribution is -2.12. The molecule has 0 bridgehead atoms. The van der Waals surface area contributed by atoms with Crippen molar-refractivity contribution in [3.63, 3.8) is 0 Å². The van der Waals surface area contributed by atoms with E-state index in [-0.39, 0.29) is 0 Å². The van der Waals surface area contributed by atoms with Crippen LogP contribution >= 0.6 is 0 Å². The van der Waals surface area contributed by atoms with Gasteiger partial charge in [0.15, 0.2) is 0 Å². The number of fused-ring (bicyclic) bond motifs is 4. The Morgan fingerprint density at radius 3 is 1.65 bits per heavy atom. The summed E-state index contributed by atoms with van der Waals surface area (Å²) in [6.45, 7) is 0. The predicted molar refractivity (Wildman–Crippen MR) is 228 cm³/mol. The van der Waals surface area contributed by atoms with Crippen molar-refractivity contribution in [2.75, 3.05) is 4.90 Å². The fraction of sp³-hybridized carbons (Fsp3) is 0. The summed E-state index contributed by atoms with van der Waals surface area (Å²) in [5.41, 5.74) is 14.3. The predicted octanol–water partition coefficient (Wildman–Crippen LogP) is 14.9. The van der Waals surface area contributed by atoms with Crippen LogP contribution < -0.4 is 4.90 Å². The fourth-order valence-electron chi connectivity index (χ4n) is 7.89. The maximum Gasteiger partial charge on any atom is 0.136 e. The van der Waals surface area contributed by atoms with Crippen molar-refractivity contribution in [1.29, 1.82) is 0 Å². The standard InChI is InChI=1S/C52H35NO/c1-4-14-36(15-5-1)38-26-28-43(29-27-38)53(44-30-31-45(39-17-6-2-7-18-39)47(35-44)40-19-8-3-9-20-40)48-32-33-50-52(46-22-12-13-23-49(46)54-50)51(48)42-25-24-37-16-10-11-21-41(37)34-42/h1-35H. The van der Waals surface area contributed by atoms with Crippen molar-refractivity contribution >= 4 is 49.8 Å².